The molecule has 2 rings (SSSR count). The molecule has 2 fully saturated rings. The maximum atomic E-state index is 10.6. The van der Waals surface area contributed by atoms with Gasteiger partial charge in [-0.15, -0.1) is 0 Å². The number of aliphatic hydroxyl groups is 1. The van der Waals surface area contributed by atoms with Gasteiger partial charge in [0.2, 0.25) is 0 Å². The first-order chi connectivity index (χ1) is 7.27. The molecule has 0 spiro atoms. The second-order valence-electron chi connectivity index (χ2n) is 5.94. The second-order valence-corrected chi connectivity index (χ2v) is 5.94. The van der Waals surface area contributed by atoms with E-state index in [2.05, 4.69) is 13.8 Å². The van der Waals surface area contributed by atoms with Gasteiger partial charge in [0.05, 0.1) is 17.8 Å². The lowest BCUT2D eigenvalue weighted by atomic mass is 9.58. The van der Waals surface area contributed by atoms with Gasteiger partial charge >= 0.3 is 0 Å². The third-order valence-electron chi connectivity index (χ3n) is 4.25. The van der Waals surface area contributed by atoms with Crippen LogP contribution >= 0.6 is 0 Å². The van der Waals surface area contributed by atoms with Crippen LogP contribution in [0.3, 0.4) is 0 Å². The highest BCUT2D eigenvalue weighted by Gasteiger charge is 2.69. The zero-order valence-corrected chi connectivity index (χ0v) is 10.4. The van der Waals surface area contributed by atoms with Gasteiger partial charge in [0, 0.05) is 17.9 Å². The summed E-state index contributed by atoms with van der Waals surface area (Å²) in [6.45, 7) is 7.92. The molecule has 16 heavy (non-hydrogen) atoms. The van der Waals surface area contributed by atoms with Gasteiger partial charge in [-0.2, -0.15) is 5.26 Å². The summed E-state index contributed by atoms with van der Waals surface area (Å²) in [5, 5.41) is 19.4. The lowest BCUT2D eigenvalue weighted by molar-refractivity contribution is -0.123. The Bertz CT molecular complexity index is 369. The highest BCUT2D eigenvalue weighted by Crippen LogP contribution is 2.62. The van der Waals surface area contributed by atoms with Crippen molar-refractivity contribution in [3.8, 4) is 6.07 Å². The monoisotopic (exact) mass is 221 g/mol. The van der Waals surface area contributed by atoms with Gasteiger partial charge < -0.3 is 9.84 Å². The van der Waals surface area contributed by atoms with Crippen LogP contribution in [0.25, 0.3) is 0 Å². The van der Waals surface area contributed by atoms with E-state index in [9.17, 15) is 5.11 Å². The van der Waals surface area contributed by atoms with Crippen LogP contribution in [0, 0.1) is 16.7 Å². The Hall–Kier alpha value is -0.850. The molecule has 3 atom stereocenters. The smallest absolute Gasteiger partial charge is 0.124 e. The van der Waals surface area contributed by atoms with E-state index < -0.39 is 11.2 Å². The van der Waals surface area contributed by atoms with E-state index in [1.165, 1.54) is 6.08 Å². The van der Waals surface area contributed by atoms with E-state index in [0.717, 1.165) is 12.0 Å². The van der Waals surface area contributed by atoms with Crippen LogP contribution in [0.15, 0.2) is 11.6 Å². The number of fused-ring (bicyclic) bond motifs is 2. The van der Waals surface area contributed by atoms with Crippen LogP contribution in [0.4, 0.5) is 0 Å². The number of allylic oxidation sites excluding steroid dienone is 1. The molecule has 3 nitrogen and oxygen atoms in total. The summed E-state index contributed by atoms with van der Waals surface area (Å²) in [5.41, 5.74) is -0.862. The zero-order valence-electron chi connectivity index (χ0n) is 10.4. The van der Waals surface area contributed by atoms with Crippen molar-refractivity contribution in [2.45, 2.75) is 57.8 Å². The van der Waals surface area contributed by atoms with Crippen LogP contribution in [-0.4, -0.2) is 22.4 Å². The van der Waals surface area contributed by atoms with Crippen molar-refractivity contribution in [3.05, 3.63) is 11.6 Å². The van der Waals surface area contributed by atoms with Crippen LogP contribution in [0.5, 0.6) is 0 Å². The Balaban J connectivity index is 2.57. The molecule has 0 aromatic heterocycles. The van der Waals surface area contributed by atoms with Gasteiger partial charge in [0.1, 0.15) is 5.60 Å². The first-order valence-corrected chi connectivity index (χ1v) is 5.74. The second kappa shape index (κ2) is 3.09. The molecular weight excluding hydrogens is 202 g/mol. The minimum atomic E-state index is -0.878. The lowest BCUT2D eigenvalue weighted by Gasteiger charge is -2.48. The molecule has 0 radical (unpaired) electrons. The minimum Gasteiger partial charge on any atom is -0.387 e. The third kappa shape index (κ3) is 1.15. The molecular formula is C13H19NO2. The summed E-state index contributed by atoms with van der Waals surface area (Å²) in [6.07, 6.45) is 3.23. The molecule has 0 aromatic rings. The van der Waals surface area contributed by atoms with Gasteiger partial charge in [-0.05, 0) is 25.8 Å². The molecule has 88 valence electrons. The molecule has 0 saturated carbocycles. The van der Waals surface area contributed by atoms with Gasteiger partial charge in [0.15, 0.2) is 0 Å². The Labute approximate surface area is 96.7 Å². The average Bonchev–Trinajstić information content (AvgIpc) is 2.50. The summed E-state index contributed by atoms with van der Waals surface area (Å²) in [4.78, 5) is 0. The normalized spacial score (nSPS) is 45.8. The Morgan fingerprint density at radius 2 is 2.06 bits per heavy atom. The largest absolute Gasteiger partial charge is 0.387 e. The van der Waals surface area contributed by atoms with Gasteiger partial charge in [-0.25, -0.2) is 0 Å². The van der Waals surface area contributed by atoms with Crippen molar-refractivity contribution >= 4 is 0 Å². The van der Waals surface area contributed by atoms with Crippen LogP contribution in [0.2, 0.25) is 0 Å². The molecule has 0 unspecified atom stereocenters. The summed E-state index contributed by atoms with van der Waals surface area (Å²) >= 11 is 0. The predicted octanol–water partition coefficient (Wildman–Crippen LogP) is 2.16. The summed E-state index contributed by atoms with van der Waals surface area (Å²) < 4.78 is 6.04. The fraction of sp³-hybridized carbons (Fsp3) is 0.769. The van der Waals surface area contributed by atoms with E-state index in [1.807, 2.05) is 19.9 Å². The molecule has 0 aromatic carbocycles. The maximum absolute atomic E-state index is 10.6. The fourth-order valence-corrected chi connectivity index (χ4v) is 3.97. The standard InChI is InChI=1S/C13H19NO2/c1-9(5-6-14)13-11(2,3)7-10(16-13)8-12(13,4)15/h5,10,15H,7-8H2,1-4H3/b9-5+/t10-,12+,13-/m0/s1. The van der Waals surface area contributed by atoms with Crippen molar-refractivity contribution in [3.63, 3.8) is 0 Å². The minimum absolute atomic E-state index is 0.118. The van der Waals surface area contributed by atoms with E-state index in [-0.39, 0.29) is 11.5 Å². The van der Waals surface area contributed by atoms with E-state index in [0.29, 0.717) is 6.42 Å². The SMILES string of the molecule is C/C(=C\C#N)[C@]12O[C@@H](CC1(C)C)C[C@@]2(C)O. The molecule has 3 heteroatoms. The van der Waals surface area contributed by atoms with Crippen molar-refractivity contribution in [1.82, 2.24) is 0 Å². The number of rotatable bonds is 1. The molecule has 2 bridgehead atoms. The molecule has 2 saturated heterocycles. The molecule has 1 N–H and O–H groups in total. The Morgan fingerprint density at radius 3 is 2.50 bits per heavy atom. The summed E-state index contributed by atoms with van der Waals surface area (Å²) in [6, 6.07) is 2.04. The van der Waals surface area contributed by atoms with Gasteiger partial charge in [0.25, 0.3) is 0 Å². The maximum Gasteiger partial charge on any atom is 0.124 e. The molecule has 0 aliphatic carbocycles. The van der Waals surface area contributed by atoms with Gasteiger partial charge in [-0.1, -0.05) is 13.8 Å². The molecule has 0 amide bonds. The number of nitriles is 1. The number of hydrogen-bond acceptors (Lipinski definition) is 3. The van der Waals surface area contributed by atoms with Crippen molar-refractivity contribution in [2.24, 2.45) is 5.41 Å². The average molecular weight is 221 g/mol. The first kappa shape index (κ1) is 11.6. The Kier molecular flexibility index (Phi) is 2.24. The van der Waals surface area contributed by atoms with Crippen LogP contribution in [0.1, 0.15) is 40.5 Å². The van der Waals surface area contributed by atoms with E-state index in [4.69, 9.17) is 10.00 Å². The van der Waals surface area contributed by atoms with Gasteiger partial charge in [-0.3, -0.25) is 0 Å². The van der Waals surface area contributed by atoms with Crippen molar-refractivity contribution in [2.75, 3.05) is 0 Å². The van der Waals surface area contributed by atoms with E-state index in [1.54, 1.807) is 0 Å². The topological polar surface area (TPSA) is 53.2 Å². The zero-order chi connectivity index (χ0) is 12.2. The number of hydrogen-bond donors (Lipinski definition) is 1. The van der Waals surface area contributed by atoms with Crippen molar-refractivity contribution in [1.29, 1.82) is 5.26 Å². The van der Waals surface area contributed by atoms with Crippen LogP contribution < -0.4 is 0 Å². The highest BCUT2D eigenvalue weighted by atomic mass is 16.5. The molecule has 2 aliphatic heterocycles. The highest BCUT2D eigenvalue weighted by molar-refractivity contribution is 5.35. The van der Waals surface area contributed by atoms with Crippen LogP contribution in [-0.2, 0) is 4.74 Å². The third-order valence-corrected chi connectivity index (χ3v) is 4.25. The molecule has 2 aliphatic rings. The van der Waals surface area contributed by atoms with Crippen molar-refractivity contribution < 1.29 is 9.84 Å². The number of ether oxygens (including phenoxy) is 1. The predicted molar refractivity (Wildman–Crippen MR) is 60.6 cm³/mol. The Morgan fingerprint density at radius 1 is 1.44 bits per heavy atom. The van der Waals surface area contributed by atoms with E-state index >= 15 is 0 Å². The first-order valence-electron chi connectivity index (χ1n) is 5.74. The lowest BCUT2D eigenvalue weighted by Crippen LogP contribution is -2.58. The quantitative estimate of drug-likeness (QED) is 0.690. The summed E-state index contributed by atoms with van der Waals surface area (Å²) in [7, 11) is 0. The number of nitrogens with zero attached hydrogens (tertiary/aromatic N) is 1. The summed E-state index contributed by atoms with van der Waals surface area (Å²) in [5.74, 6) is 0. The fourth-order valence-electron chi connectivity index (χ4n) is 3.97. The molecule has 2 heterocycles.